The highest BCUT2D eigenvalue weighted by atomic mass is 32.2. The first-order chi connectivity index (χ1) is 5.58. The second-order valence-corrected chi connectivity index (χ2v) is 2.88. The molecule has 0 saturated carbocycles. The van der Waals surface area contributed by atoms with Crippen molar-refractivity contribution >= 4 is 16.1 Å². The molecule has 0 bridgehead atoms. The van der Waals surface area contributed by atoms with E-state index < -0.39 is 10.3 Å². The zero-order valence-electron chi connectivity index (χ0n) is 5.82. The Morgan fingerprint density at radius 2 is 2.17 bits per heavy atom. The van der Waals surface area contributed by atoms with E-state index in [1.165, 1.54) is 12.3 Å². The number of pyridine rings is 1. The van der Waals surface area contributed by atoms with E-state index in [2.05, 4.69) is 14.6 Å². The third kappa shape index (κ3) is 3.17. The number of nitrogens with zero attached hydrogens (tertiary/aromatic N) is 3. The van der Waals surface area contributed by atoms with Gasteiger partial charge in [-0.25, -0.2) is 4.98 Å². The predicted octanol–water partition coefficient (Wildman–Crippen LogP) is 0.968. The Balaban J connectivity index is 2.85. The number of rotatable bonds is 2. The van der Waals surface area contributed by atoms with E-state index in [4.69, 9.17) is 4.55 Å². The molecule has 0 saturated heterocycles. The molecule has 1 N–H and O–H groups in total. The average Bonchev–Trinajstić information content (AvgIpc) is 2.02. The summed E-state index contributed by atoms with van der Waals surface area (Å²) in [6.45, 7) is 0. The second kappa shape index (κ2) is 3.37. The molecule has 0 amide bonds. The fraction of sp³-hybridized carbons (Fsp3) is 0. The lowest BCUT2D eigenvalue weighted by Crippen LogP contribution is -1.88. The summed E-state index contributed by atoms with van der Waals surface area (Å²) in [4.78, 5) is 3.65. The van der Waals surface area contributed by atoms with Crippen molar-refractivity contribution in [2.45, 2.75) is 0 Å². The highest BCUT2D eigenvalue weighted by Crippen LogP contribution is 2.06. The van der Waals surface area contributed by atoms with Crippen molar-refractivity contribution in [1.82, 2.24) is 4.98 Å². The lowest BCUT2D eigenvalue weighted by atomic mass is 10.5. The SMILES string of the molecule is O=S(=O)(O)/N=N/c1ccccn1. The van der Waals surface area contributed by atoms with Crippen LogP contribution in [0.25, 0.3) is 0 Å². The minimum absolute atomic E-state index is 0.120. The van der Waals surface area contributed by atoms with Crippen molar-refractivity contribution in [1.29, 1.82) is 0 Å². The van der Waals surface area contributed by atoms with E-state index in [1.54, 1.807) is 12.1 Å². The summed E-state index contributed by atoms with van der Waals surface area (Å²) < 4.78 is 30.9. The lowest BCUT2D eigenvalue weighted by Gasteiger charge is -1.86. The van der Waals surface area contributed by atoms with Gasteiger partial charge in [0.25, 0.3) is 0 Å². The summed E-state index contributed by atoms with van der Waals surface area (Å²) in [5, 5.41) is 3.15. The van der Waals surface area contributed by atoms with Crippen molar-refractivity contribution in [2.24, 2.45) is 9.63 Å². The summed E-state index contributed by atoms with van der Waals surface area (Å²) in [5.74, 6) is 0.120. The highest BCUT2D eigenvalue weighted by Gasteiger charge is 1.97. The first-order valence-electron chi connectivity index (χ1n) is 2.89. The van der Waals surface area contributed by atoms with Crippen LogP contribution in [0.15, 0.2) is 34.0 Å². The molecule has 12 heavy (non-hydrogen) atoms. The van der Waals surface area contributed by atoms with Gasteiger partial charge in [-0.3, -0.25) is 4.55 Å². The molecule has 0 aromatic carbocycles. The molecule has 64 valence electrons. The predicted molar refractivity (Wildman–Crippen MR) is 40.3 cm³/mol. The van der Waals surface area contributed by atoms with Crippen LogP contribution in [0.3, 0.4) is 0 Å². The molecule has 0 atom stereocenters. The topological polar surface area (TPSA) is 92.0 Å². The number of aromatic nitrogens is 1. The highest BCUT2D eigenvalue weighted by molar-refractivity contribution is 7.84. The maximum atomic E-state index is 10.1. The van der Waals surface area contributed by atoms with Gasteiger partial charge in [0.05, 0.1) is 0 Å². The minimum Gasteiger partial charge on any atom is -0.267 e. The van der Waals surface area contributed by atoms with E-state index in [9.17, 15) is 8.42 Å². The normalized spacial score (nSPS) is 12.1. The van der Waals surface area contributed by atoms with Crippen molar-refractivity contribution in [3.05, 3.63) is 24.4 Å². The van der Waals surface area contributed by atoms with Crippen molar-refractivity contribution in [2.75, 3.05) is 0 Å². The van der Waals surface area contributed by atoms with Crippen LogP contribution in [0.4, 0.5) is 5.82 Å². The van der Waals surface area contributed by atoms with Crippen molar-refractivity contribution in [3.63, 3.8) is 0 Å². The smallest absolute Gasteiger partial charge is 0.267 e. The Morgan fingerprint density at radius 3 is 2.67 bits per heavy atom. The molecule has 6 nitrogen and oxygen atoms in total. The van der Waals surface area contributed by atoms with Gasteiger partial charge in [-0.05, 0) is 16.7 Å². The molecular weight excluding hydrogens is 182 g/mol. The van der Waals surface area contributed by atoms with Gasteiger partial charge in [0, 0.05) is 6.20 Å². The molecule has 0 radical (unpaired) electrons. The van der Waals surface area contributed by atoms with Gasteiger partial charge in [0.15, 0.2) is 5.82 Å². The van der Waals surface area contributed by atoms with Gasteiger partial charge in [-0.1, -0.05) is 6.07 Å². The molecule has 0 spiro atoms. The van der Waals surface area contributed by atoms with Gasteiger partial charge >= 0.3 is 10.3 Å². The van der Waals surface area contributed by atoms with Crippen LogP contribution in [0.1, 0.15) is 0 Å². The summed E-state index contributed by atoms with van der Waals surface area (Å²) >= 11 is 0. The van der Waals surface area contributed by atoms with Crippen LogP contribution in [0, 0.1) is 0 Å². The molecule has 1 heterocycles. The fourth-order valence-electron chi connectivity index (χ4n) is 0.506. The monoisotopic (exact) mass is 187 g/mol. The van der Waals surface area contributed by atoms with E-state index in [0.717, 1.165) is 0 Å². The van der Waals surface area contributed by atoms with Crippen LogP contribution in [-0.2, 0) is 10.3 Å². The van der Waals surface area contributed by atoms with Crippen LogP contribution in [0.2, 0.25) is 0 Å². The van der Waals surface area contributed by atoms with Crippen molar-refractivity contribution < 1.29 is 13.0 Å². The molecule has 0 aliphatic heterocycles. The molecule has 1 aromatic heterocycles. The maximum Gasteiger partial charge on any atom is 0.396 e. The third-order valence-electron chi connectivity index (χ3n) is 0.896. The van der Waals surface area contributed by atoms with Gasteiger partial charge in [-0.2, -0.15) is 8.42 Å². The van der Waals surface area contributed by atoms with Crippen LogP contribution >= 0.6 is 0 Å². The standard InChI is InChI=1S/C5H5N3O3S/c9-12(10,11)8-7-5-3-1-2-4-6-5/h1-4H,(H,9,10,11)/b8-7+. The number of hydrogen-bond donors (Lipinski definition) is 1. The molecule has 0 aliphatic carbocycles. The Hall–Kier alpha value is -1.34. The second-order valence-electron chi connectivity index (χ2n) is 1.82. The van der Waals surface area contributed by atoms with E-state index in [0.29, 0.717) is 0 Å². The van der Waals surface area contributed by atoms with Crippen LogP contribution in [0.5, 0.6) is 0 Å². The molecular formula is C5H5N3O3S. The summed E-state index contributed by atoms with van der Waals surface area (Å²) in [7, 11) is -4.40. The molecule has 1 rings (SSSR count). The van der Waals surface area contributed by atoms with Crippen LogP contribution < -0.4 is 0 Å². The zero-order valence-corrected chi connectivity index (χ0v) is 6.64. The Bertz CT molecular complexity index is 372. The van der Waals surface area contributed by atoms with Gasteiger partial charge < -0.3 is 0 Å². The summed E-state index contributed by atoms with van der Waals surface area (Å²) in [6.07, 6.45) is 1.43. The van der Waals surface area contributed by atoms with Gasteiger partial charge in [-0.15, -0.1) is 5.11 Å². The third-order valence-corrected chi connectivity index (χ3v) is 1.18. The van der Waals surface area contributed by atoms with Crippen molar-refractivity contribution in [3.8, 4) is 0 Å². The van der Waals surface area contributed by atoms with E-state index >= 15 is 0 Å². The molecule has 7 heteroatoms. The molecule has 0 aliphatic rings. The molecule has 1 aromatic rings. The molecule has 0 fully saturated rings. The zero-order chi connectivity index (χ0) is 9.03. The maximum absolute atomic E-state index is 10.1. The number of hydrogen-bond acceptors (Lipinski definition) is 4. The Morgan fingerprint density at radius 1 is 1.42 bits per heavy atom. The Kier molecular flexibility index (Phi) is 2.46. The van der Waals surface area contributed by atoms with E-state index in [1.807, 2.05) is 0 Å². The first kappa shape index (κ1) is 8.75. The van der Waals surface area contributed by atoms with E-state index in [-0.39, 0.29) is 5.82 Å². The minimum atomic E-state index is -4.40. The largest absolute Gasteiger partial charge is 0.396 e. The molecule has 0 unspecified atom stereocenters. The van der Waals surface area contributed by atoms with Crippen LogP contribution in [-0.4, -0.2) is 18.0 Å². The quantitative estimate of drug-likeness (QED) is 0.551. The van der Waals surface area contributed by atoms with Gasteiger partial charge in [0.1, 0.15) is 0 Å². The summed E-state index contributed by atoms with van der Waals surface area (Å²) in [5.41, 5.74) is 0. The fourth-order valence-corrected chi connectivity index (χ4v) is 0.693. The Labute approximate surface area is 68.9 Å². The lowest BCUT2D eigenvalue weighted by molar-refractivity contribution is 0.482. The first-order valence-corrected chi connectivity index (χ1v) is 4.29. The van der Waals surface area contributed by atoms with Gasteiger partial charge in [0.2, 0.25) is 0 Å². The average molecular weight is 187 g/mol. The summed E-state index contributed by atoms with van der Waals surface area (Å²) in [6, 6.07) is 4.71.